The lowest BCUT2D eigenvalue weighted by atomic mass is 10.0. The maximum absolute atomic E-state index is 11.9. The average Bonchev–Trinajstić information content (AvgIpc) is 3.20. The van der Waals surface area contributed by atoms with E-state index in [2.05, 4.69) is 5.32 Å². The van der Waals surface area contributed by atoms with Crippen LogP contribution in [0, 0.1) is 0 Å². The van der Waals surface area contributed by atoms with Gasteiger partial charge in [-0.15, -0.1) is 11.3 Å². The number of carbonyl (C=O) groups excluding carboxylic acids is 1. The number of rotatable bonds is 5. The first kappa shape index (κ1) is 15.5. The van der Waals surface area contributed by atoms with Gasteiger partial charge in [-0.2, -0.15) is 0 Å². The van der Waals surface area contributed by atoms with Crippen LogP contribution in [0.25, 0.3) is 16.2 Å². The van der Waals surface area contributed by atoms with Gasteiger partial charge in [-0.3, -0.25) is 4.79 Å². The van der Waals surface area contributed by atoms with Gasteiger partial charge < -0.3 is 14.8 Å². The Labute approximate surface area is 138 Å². The number of furan rings is 1. The van der Waals surface area contributed by atoms with Gasteiger partial charge in [-0.1, -0.05) is 18.2 Å². The molecule has 2 heterocycles. The van der Waals surface area contributed by atoms with Crippen LogP contribution < -0.4 is 5.32 Å². The summed E-state index contributed by atoms with van der Waals surface area (Å²) in [4.78, 5) is 12.7. The molecule has 0 radical (unpaired) electrons. The van der Waals surface area contributed by atoms with E-state index in [-0.39, 0.29) is 12.5 Å². The summed E-state index contributed by atoms with van der Waals surface area (Å²) < 4.78 is 6.05. The number of fused-ring (bicyclic) bond motifs is 1. The molecular weight excluding hydrogens is 310 g/mol. The predicted molar refractivity (Wildman–Crippen MR) is 92.1 cm³/mol. The third-order valence-electron chi connectivity index (χ3n) is 3.53. The van der Waals surface area contributed by atoms with Crippen molar-refractivity contribution in [1.82, 2.24) is 5.32 Å². The number of hydrogen-bond donors (Lipinski definition) is 2. The van der Waals surface area contributed by atoms with E-state index in [1.54, 1.807) is 31.6 Å². The maximum atomic E-state index is 11.9. The zero-order valence-electron chi connectivity index (χ0n) is 12.7. The average molecular weight is 327 g/mol. The maximum Gasteiger partial charge on any atom is 0.244 e. The Bertz CT molecular complexity index is 798. The molecular formula is C18H17NO3S. The summed E-state index contributed by atoms with van der Waals surface area (Å²) in [5, 5.41) is 14.5. The first-order valence-electron chi connectivity index (χ1n) is 7.24. The molecule has 4 nitrogen and oxygen atoms in total. The van der Waals surface area contributed by atoms with Crippen LogP contribution in [-0.2, 0) is 10.4 Å². The second kappa shape index (κ2) is 6.40. The van der Waals surface area contributed by atoms with E-state index in [1.807, 2.05) is 30.3 Å². The van der Waals surface area contributed by atoms with Crippen LogP contribution in [0.2, 0.25) is 0 Å². The van der Waals surface area contributed by atoms with Crippen LogP contribution in [0.1, 0.15) is 17.4 Å². The number of thiophene rings is 1. The molecule has 118 valence electrons. The molecule has 3 aromatic rings. The third-order valence-corrected chi connectivity index (χ3v) is 4.90. The van der Waals surface area contributed by atoms with Crippen LogP contribution in [0.3, 0.4) is 0 Å². The highest BCUT2D eigenvalue weighted by atomic mass is 32.1. The fourth-order valence-corrected chi connectivity index (χ4v) is 3.30. The van der Waals surface area contributed by atoms with E-state index in [0.29, 0.717) is 0 Å². The summed E-state index contributed by atoms with van der Waals surface area (Å²) >= 11 is 1.54. The van der Waals surface area contributed by atoms with Crippen molar-refractivity contribution in [2.24, 2.45) is 0 Å². The van der Waals surface area contributed by atoms with Crippen molar-refractivity contribution >= 4 is 33.4 Å². The van der Waals surface area contributed by atoms with Gasteiger partial charge in [0, 0.05) is 21.2 Å². The predicted octanol–water partition coefficient (Wildman–Crippen LogP) is 3.53. The number of nitrogens with one attached hydrogen (secondary N) is 1. The second-order valence-corrected chi connectivity index (χ2v) is 6.61. The van der Waals surface area contributed by atoms with E-state index in [1.165, 1.54) is 17.4 Å². The van der Waals surface area contributed by atoms with E-state index >= 15 is 0 Å². The number of amides is 1. The van der Waals surface area contributed by atoms with Crippen LogP contribution in [-0.4, -0.2) is 17.6 Å². The Kier molecular flexibility index (Phi) is 4.32. The quantitative estimate of drug-likeness (QED) is 0.705. The van der Waals surface area contributed by atoms with E-state index in [0.717, 1.165) is 20.5 Å². The largest absolute Gasteiger partial charge is 0.472 e. The van der Waals surface area contributed by atoms with Crippen molar-refractivity contribution in [3.63, 3.8) is 0 Å². The Morgan fingerprint density at radius 3 is 2.96 bits per heavy atom. The normalized spacial score (nSPS) is 14.2. The Hall–Kier alpha value is -2.37. The summed E-state index contributed by atoms with van der Waals surface area (Å²) in [5.41, 5.74) is -0.292. The summed E-state index contributed by atoms with van der Waals surface area (Å²) in [6.07, 6.45) is 6.18. The molecule has 23 heavy (non-hydrogen) atoms. The minimum absolute atomic E-state index is 0.147. The lowest BCUT2D eigenvalue weighted by molar-refractivity contribution is -0.117. The fraction of sp³-hybridized carbons (Fsp3) is 0.167. The molecule has 0 saturated heterocycles. The van der Waals surface area contributed by atoms with E-state index < -0.39 is 5.60 Å². The highest BCUT2D eigenvalue weighted by molar-refractivity contribution is 7.19. The van der Waals surface area contributed by atoms with Gasteiger partial charge in [0.05, 0.1) is 19.1 Å². The van der Waals surface area contributed by atoms with E-state index in [9.17, 15) is 9.90 Å². The van der Waals surface area contributed by atoms with Crippen LogP contribution in [0.4, 0.5) is 0 Å². The van der Waals surface area contributed by atoms with Crippen molar-refractivity contribution in [2.75, 3.05) is 6.54 Å². The Balaban J connectivity index is 1.65. The van der Waals surface area contributed by atoms with Gasteiger partial charge in [0.2, 0.25) is 5.91 Å². The SMILES string of the molecule is CC(O)(CNC(=O)C=Cc1ccoc1)c1cc2ccccc2s1. The standard InChI is InChI=1S/C18H17NO3S/c1-18(21,16-10-14-4-2-3-5-15(14)23-16)12-19-17(20)7-6-13-8-9-22-11-13/h2-11,21H,12H2,1H3,(H,19,20). The molecule has 0 bridgehead atoms. The molecule has 1 aromatic carbocycles. The van der Waals surface area contributed by atoms with Gasteiger partial charge >= 0.3 is 0 Å². The molecule has 0 aliphatic heterocycles. The minimum atomic E-state index is -1.11. The molecule has 3 rings (SSSR count). The van der Waals surface area contributed by atoms with Gasteiger partial charge in [0.1, 0.15) is 5.60 Å². The monoisotopic (exact) mass is 327 g/mol. The third kappa shape index (κ3) is 3.70. The molecule has 0 aliphatic rings. The second-order valence-electron chi connectivity index (χ2n) is 5.53. The summed E-state index contributed by atoms with van der Waals surface area (Å²) in [5.74, 6) is -0.257. The molecule has 0 aliphatic carbocycles. The van der Waals surface area contributed by atoms with Crippen molar-refractivity contribution in [3.05, 3.63) is 65.4 Å². The lowest BCUT2D eigenvalue weighted by Gasteiger charge is -2.21. The van der Waals surface area contributed by atoms with Crippen LogP contribution in [0.15, 0.2) is 59.4 Å². The van der Waals surface area contributed by atoms with Crippen LogP contribution >= 0.6 is 11.3 Å². The Morgan fingerprint density at radius 2 is 2.22 bits per heavy atom. The molecule has 2 aromatic heterocycles. The van der Waals surface area contributed by atoms with Crippen molar-refractivity contribution in [2.45, 2.75) is 12.5 Å². The zero-order valence-corrected chi connectivity index (χ0v) is 13.5. The zero-order chi connectivity index (χ0) is 16.3. The summed E-state index contributed by atoms with van der Waals surface area (Å²) in [7, 11) is 0. The molecule has 1 amide bonds. The number of benzene rings is 1. The molecule has 1 atom stereocenters. The number of carbonyl (C=O) groups is 1. The molecule has 5 heteroatoms. The van der Waals surface area contributed by atoms with Gasteiger partial charge in [-0.25, -0.2) is 0 Å². The lowest BCUT2D eigenvalue weighted by Crippen LogP contribution is -2.37. The topological polar surface area (TPSA) is 62.5 Å². The summed E-state index contributed by atoms with van der Waals surface area (Å²) in [6.45, 7) is 1.85. The molecule has 0 spiro atoms. The van der Waals surface area contributed by atoms with Gasteiger partial charge in [0.25, 0.3) is 0 Å². The molecule has 0 saturated carbocycles. The van der Waals surface area contributed by atoms with Gasteiger partial charge in [-0.05, 0) is 36.6 Å². The Morgan fingerprint density at radius 1 is 1.39 bits per heavy atom. The fourth-order valence-electron chi connectivity index (χ4n) is 2.19. The smallest absolute Gasteiger partial charge is 0.244 e. The first-order valence-corrected chi connectivity index (χ1v) is 8.06. The minimum Gasteiger partial charge on any atom is -0.472 e. The highest BCUT2D eigenvalue weighted by Gasteiger charge is 2.25. The van der Waals surface area contributed by atoms with Crippen molar-refractivity contribution < 1.29 is 14.3 Å². The number of hydrogen-bond acceptors (Lipinski definition) is 4. The van der Waals surface area contributed by atoms with Crippen molar-refractivity contribution in [1.29, 1.82) is 0 Å². The molecule has 2 N–H and O–H groups in total. The van der Waals surface area contributed by atoms with Gasteiger partial charge in [0.15, 0.2) is 0 Å². The van der Waals surface area contributed by atoms with Crippen molar-refractivity contribution in [3.8, 4) is 0 Å². The van der Waals surface area contributed by atoms with E-state index in [4.69, 9.17) is 4.42 Å². The highest BCUT2D eigenvalue weighted by Crippen LogP contribution is 2.32. The number of aliphatic hydroxyl groups is 1. The first-order chi connectivity index (χ1) is 11.0. The summed E-state index contributed by atoms with van der Waals surface area (Å²) in [6, 6.07) is 11.7. The molecule has 1 unspecified atom stereocenters. The van der Waals surface area contributed by atoms with Crippen LogP contribution in [0.5, 0.6) is 0 Å². The molecule has 0 fully saturated rings.